The number of hydrogen-bond donors (Lipinski definition) is 2. The summed E-state index contributed by atoms with van der Waals surface area (Å²) in [6.07, 6.45) is 2.49. The van der Waals surface area contributed by atoms with Gasteiger partial charge in [-0.25, -0.2) is 12.7 Å². The molecule has 1 saturated heterocycles. The quantitative estimate of drug-likeness (QED) is 0.595. The first-order chi connectivity index (χ1) is 13.7. The average molecular weight is 429 g/mol. The molecule has 1 aromatic carbocycles. The minimum absolute atomic E-state index is 0.228. The zero-order valence-corrected chi connectivity index (χ0v) is 17.8. The Hall–Kier alpha value is -2.53. The van der Waals surface area contributed by atoms with E-state index in [1.54, 1.807) is 0 Å². The third-order valence-electron chi connectivity index (χ3n) is 4.55. The zero-order valence-electron chi connectivity index (χ0n) is 17.0. The van der Waals surface area contributed by atoms with Crippen LogP contribution in [-0.4, -0.2) is 77.8 Å². The summed E-state index contributed by atoms with van der Waals surface area (Å²) < 4.78 is 40.3. The summed E-state index contributed by atoms with van der Waals surface area (Å²) in [4.78, 5) is 24.6. The molecule has 1 fully saturated rings. The predicted octanol–water partition coefficient (Wildman–Crippen LogP) is -0.0176. The molecule has 1 aliphatic rings. The Labute approximate surface area is 170 Å². The zero-order chi connectivity index (χ0) is 21.6. The van der Waals surface area contributed by atoms with Crippen LogP contribution in [0.25, 0.3) is 0 Å². The Morgan fingerprint density at radius 3 is 2.28 bits per heavy atom. The first-order valence-corrected chi connectivity index (χ1v) is 10.9. The van der Waals surface area contributed by atoms with E-state index < -0.39 is 21.8 Å². The van der Waals surface area contributed by atoms with Gasteiger partial charge in [0.25, 0.3) is 5.91 Å². The standard InChI is InChI=1S/C18H27N3O7S/c1-26-14-8-12(9-15(27-2)17(14)28-3)18(23)19-10-16(22)20-13-6-5-7-21(11-13)29(4,24)25/h8-9,13H,5-7,10-11H2,1-4H3,(H,19,23)(H,20,22). The van der Waals surface area contributed by atoms with Gasteiger partial charge in [0.15, 0.2) is 11.5 Å². The van der Waals surface area contributed by atoms with Crippen LogP contribution < -0.4 is 24.8 Å². The molecule has 0 saturated carbocycles. The first-order valence-electron chi connectivity index (χ1n) is 9.02. The topological polar surface area (TPSA) is 123 Å². The Balaban J connectivity index is 1.96. The molecule has 0 bridgehead atoms. The summed E-state index contributed by atoms with van der Waals surface area (Å²) in [5, 5.41) is 5.30. The van der Waals surface area contributed by atoms with Gasteiger partial charge in [-0.2, -0.15) is 0 Å². The number of carbonyl (C=O) groups excluding carboxylic acids is 2. The molecule has 0 spiro atoms. The van der Waals surface area contributed by atoms with E-state index in [0.29, 0.717) is 36.6 Å². The highest BCUT2D eigenvalue weighted by Gasteiger charge is 2.27. The molecular formula is C18H27N3O7S. The van der Waals surface area contributed by atoms with Crippen LogP contribution >= 0.6 is 0 Å². The second-order valence-corrected chi connectivity index (χ2v) is 8.61. The number of carbonyl (C=O) groups is 2. The van der Waals surface area contributed by atoms with Gasteiger partial charge in [0.2, 0.25) is 21.7 Å². The first kappa shape index (κ1) is 22.8. The number of hydrogen-bond acceptors (Lipinski definition) is 7. The fourth-order valence-corrected chi connectivity index (χ4v) is 4.03. The normalized spacial score (nSPS) is 17.3. The molecule has 11 heteroatoms. The Kier molecular flexibility index (Phi) is 7.68. The van der Waals surface area contributed by atoms with Crippen LogP contribution in [0.2, 0.25) is 0 Å². The highest BCUT2D eigenvalue weighted by molar-refractivity contribution is 7.88. The summed E-state index contributed by atoms with van der Waals surface area (Å²) in [5.41, 5.74) is 0.244. The molecule has 1 aromatic rings. The minimum atomic E-state index is -3.30. The lowest BCUT2D eigenvalue weighted by Gasteiger charge is -2.31. The Bertz CT molecular complexity index is 832. The van der Waals surface area contributed by atoms with Crippen molar-refractivity contribution in [2.75, 3.05) is 47.2 Å². The molecule has 29 heavy (non-hydrogen) atoms. The monoisotopic (exact) mass is 429 g/mol. The second kappa shape index (κ2) is 9.79. The molecule has 10 nitrogen and oxygen atoms in total. The summed E-state index contributed by atoms with van der Waals surface area (Å²) in [6, 6.07) is 2.68. The highest BCUT2D eigenvalue weighted by atomic mass is 32.2. The van der Waals surface area contributed by atoms with E-state index in [-0.39, 0.29) is 24.7 Å². The van der Waals surface area contributed by atoms with Gasteiger partial charge in [-0.15, -0.1) is 0 Å². The summed E-state index contributed by atoms with van der Waals surface area (Å²) in [5.74, 6) is 0.123. The van der Waals surface area contributed by atoms with Gasteiger partial charge in [0, 0.05) is 24.7 Å². The molecule has 0 radical (unpaired) electrons. The maximum Gasteiger partial charge on any atom is 0.251 e. The lowest BCUT2D eigenvalue weighted by molar-refractivity contribution is -0.121. The Morgan fingerprint density at radius 2 is 1.76 bits per heavy atom. The van der Waals surface area contributed by atoms with Crippen molar-refractivity contribution in [2.24, 2.45) is 0 Å². The van der Waals surface area contributed by atoms with Crippen molar-refractivity contribution in [3.8, 4) is 17.2 Å². The van der Waals surface area contributed by atoms with E-state index in [4.69, 9.17) is 14.2 Å². The van der Waals surface area contributed by atoms with Crippen molar-refractivity contribution in [1.82, 2.24) is 14.9 Å². The average Bonchev–Trinajstić information content (AvgIpc) is 2.70. The van der Waals surface area contributed by atoms with Crippen molar-refractivity contribution in [3.63, 3.8) is 0 Å². The number of benzene rings is 1. The maximum absolute atomic E-state index is 12.4. The van der Waals surface area contributed by atoms with Crippen LogP contribution in [0.3, 0.4) is 0 Å². The van der Waals surface area contributed by atoms with E-state index in [0.717, 1.165) is 6.26 Å². The number of piperidine rings is 1. The van der Waals surface area contributed by atoms with Crippen LogP contribution in [0.1, 0.15) is 23.2 Å². The van der Waals surface area contributed by atoms with Gasteiger partial charge in [0.05, 0.1) is 34.1 Å². The van der Waals surface area contributed by atoms with Crippen LogP contribution in [0.5, 0.6) is 17.2 Å². The van der Waals surface area contributed by atoms with Crippen molar-refractivity contribution < 1.29 is 32.2 Å². The molecule has 2 amide bonds. The molecule has 0 aliphatic carbocycles. The molecule has 162 valence electrons. The number of nitrogens with one attached hydrogen (secondary N) is 2. The molecule has 2 N–H and O–H groups in total. The Morgan fingerprint density at radius 1 is 1.14 bits per heavy atom. The van der Waals surface area contributed by atoms with Gasteiger partial charge in [-0.3, -0.25) is 9.59 Å². The smallest absolute Gasteiger partial charge is 0.251 e. The van der Waals surface area contributed by atoms with E-state index >= 15 is 0 Å². The molecule has 1 unspecified atom stereocenters. The molecular weight excluding hydrogens is 402 g/mol. The molecule has 2 rings (SSSR count). The molecule has 0 aromatic heterocycles. The van der Waals surface area contributed by atoms with Gasteiger partial charge in [-0.1, -0.05) is 0 Å². The molecule has 1 atom stereocenters. The molecule has 1 aliphatic heterocycles. The van der Waals surface area contributed by atoms with E-state index in [1.165, 1.54) is 37.8 Å². The summed E-state index contributed by atoms with van der Waals surface area (Å²) in [7, 11) is 1.04. The number of nitrogens with zero attached hydrogens (tertiary/aromatic N) is 1. The lowest BCUT2D eigenvalue weighted by atomic mass is 10.1. The molecule has 1 heterocycles. The van der Waals surface area contributed by atoms with Gasteiger partial charge < -0.3 is 24.8 Å². The fourth-order valence-electron chi connectivity index (χ4n) is 3.11. The van der Waals surface area contributed by atoms with Crippen molar-refractivity contribution in [2.45, 2.75) is 18.9 Å². The van der Waals surface area contributed by atoms with E-state index in [9.17, 15) is 18.0 Å². The highest BCUT2D eigenvalue weighted by Crippen LogP contribution is 2.38. The van der Waals surface area contributed by atoms with Crippen LogP contribution in [0.15, 0.2) is 12.1 Å². The minimum Gasteiger partial charge on any atom is -0.493 e. The SMILES string of the molecule is COc1cc(C(=O)NCC(=O)NC2CCCN(S(C)(=O)=O)C2)cc(OC)c1OC. The third kappa shape index (κ3) is 5.97. The third-order valence-corrected chi connectivity index (χ3v) is 5.82. The van der Waals surface area contributed by atoms with Gasteiger partial charge in [0.1, 0.15) is 0 Å². The summed E-state index contributed by atoms with van der Waals surface area (Å²) in [6.45, 7) is 0.430. The summed E-state index contributed by atoms with van der Waals surface area (Å²) >= 11 is 0. The lowest BCUT2D eigenvalue weighted by Crippen LogP contribution is -2.51. The second-order valence-electron chi connectivity index (χ2n) is 6.62. The van der Waals surface area contributed by atoms with Crippen molar-refractivity contribution in [1.29, 1.82) is 0 Å². The number of methoxy groups -OCH3 is 3. The number of sulfonamides is 1. The van der Waals surface area contributed by atoms with Crippen LogP contribution in [0, 0.1) is 0 Å². The van der Waals surface area contributed by atoms with Crippen molar-refractivity contribution in [3.05, 3.63) is 17.7 Å². The van der Waals surface area contributed by atoms with E-state index in [2.05, 4.69) is 10.6 Å². The van der Waals surface area contributed by atoms with Crippen LogP contribution in [0.4, 0.5) is 0 Å². The van der Waals surface area contributed by atoms with Gasteiger partial charge >= 0.3 is 0 Å². The van der Waals surface area contributed by atoms with Gasteiger partial charge in [-0.05, 0) is 25.0 Å². The predicted molar refractivity (Wildman–Crippen MR) is 106 cm³/mol. The number of rotatable bonds is 8. The fraction of sp³-hybridized carbons (Fsp3) is 0.556. The number of amides is 2. The number of ether oxygens (including phenoxy) is 3. The van der Waals surface area contributed by atoms with E-state index in [1.807, 2.05) is 0 Å². The van der Waals surface area contributed by atoms with Crippen LogP contribution in [-0.2, 0) is 14.8 Å². The largest absolute Gasteiger partial charge is 0.493 e. The maximum atomic E-state index is 12.4. The van der Waals surface area contributed by atoms with Crippen molar-refractivity contribution >= 4 is 21.8 Å².